The highest BCUT2D eigenvalue weighted by Gasteiger charge is 2.31. The molecule has 26 heavy (non-hydrogen) atoms. The van der Waals surface area contributed by atoms with Gasteiger partial charge in [-0.05, 0) is 25.0 Å². The molecule has 8 nitrogen and oxygen atoms in total. The van der Waals surface area contributed by atoms with Gasteiger partial charge in [-0.25, -0.2) is 0 Å². The van der Waals surface area contributed by atoms with Crippen LogP contribution in [0.4, 0.5) is 5.69 Å². The van der Waals surface area contributed by atoms with E-state index in [1.807, 2.05) is 0 Å². The molecule has 1 atom stereocenters. The Morgan fingerprint density at radius 1 is 1.31 bits per heavy atom. The third-order valence-corrected chi connectivity index (χ3v) is 4.72. The van der Waals surface area contributed by atoms with Gasteiger partial charge in [0, 0.05) is 24.2 Å². The summed E-state index contributed by atoms with van der Waals surface area (Å²) in [7, 11) is 2.65. The molecule has 1 aliphatic rings. The number of benzene rings is 1. The van der Waals surface area contributed by atoms with E-state index in [1.54, 1.807) is 11.8 Å². The van der Waals surface area contributed by atoms with Gasteiger partial charge in [-0.2, -0.15) is 0 Å². The summed E-state index contributed by atoms with van der Waals surface area (Å²) in [6.07, 6.45) is 3.75. The first-order valence-corrected chi connectivity index (χ1v) is 8.60. The van der Waals surface area contributed by atoms with Crippen molar-refractivity contribution in [2.24, 2.45) is 5.92 Å². The van der Waals surface area contributed by atoms with Gasteiger partial charge in [0.1, 0.15) is 0 Å². The zero-order valence-electron chi connectivity index (χ0n) is 15.3. The minimum absolute atomic E-state index is 0.0239. The largest absolute Gasteiger partial charge is 0.490 e. The third-order valence-electron chi connectivity index (χ3n) is 4.72. The van der Waals surface area contributed by atoms with Crippen molar-refractivity contribution < 1.29 is 24.0 Å². The summed E-state index contributed by atoms with van der Waals surface area (Å²) in [5, 5.41) is 11.2. The van der Waals surface area contributed by atoms with E-state index in [1.165, 1.54) is 32.4 Å². The average molecular weight is 364 g/mol. The summed E-state index contributed by atoms with van der Waals surface area (Å²) in [5.74, 6) is -1.08. The predicted molar refractivity (Wildman–Crippen MR) is 94.1 cm³/mol. The molecule has 0 aromatic heterocycles. The Morgan fingerprint density at radius 3 is 2.50 bits per heavy atom. The maximum Gasteiger partial charge on any atom is 0.311 e. The minimum Gasteiger partial charge on any atom is -0.490 e. The first kappa shape index (κ1) is 19.7. The Morgan fingerprint density at radius 2 is 1.96 bits per heavy atom. The second kappa shape index (κ2) is 8.64. The molecule has 0 spiro atoms. The Labute approximate surface area is 152 Å². The van der Waals surface area contributed by atoms with Gasteiger partial charge >= 0.3 is 11.7 Å². The van der Waals surface area contributed by atoms with Crippen molar-refractivity contribution in [1.29, 1.82) is 0 Å². The lowest BCUT2D eigenvalue weighted by atomic mass is 10.1. The molecule has 0 radical (unpaired) electrons. The number of amides is 1. The average Bonchev–Trinajstić information content (AvgIpc) is 3.18. The highest BCUT2D eigenvalue weighted by atomic mass is 16.6. The Balaban J connectivity index is 2.32. The number of methoxy groups -OCH3 is 2. The van der Waals surface area contributed by atoms with Crippen molar-refractivity contribution in [3.05, 3.63) is 33.9 Å². The number of hydrogen-bond donors (Lipinski definition) is 0. The van der Waals surface area contributed by atoms with E-state index in [0.717, 1.165) is 25.7 Å². The highest BCUT2D eigenvalue weighted by molar-refractivity contribution is 5.95. The van der Waals surface area contributed by atoms with Crippen LogP contribution in [0.15, 0.2) is 18.2 Å². The van der Waals surface area contributed by atoms with Crippen molar-refractivity contribution in [2.75, 3.05) is 20.8 Å². The lowest BCUT2D eigenvalue weighted by Gasteiger charge is -2.31. The smallest absolute Gasteiger partial charge is 0.311 e. The monoisotopic (exact) mass is 364 g/mol. The van der Waals surface area contributed by atoms with Crippen LogP contribution in [0.25, 0.3) is 0 Å². The van der Waals surface area contributed by atoms with E-state index in [0.29, 0.717) is 0 Å². The predicted octanol–water partition coefficient (Wildman–Crippen LogP) is 2.80. The van der Waals surface area contributed by atoms with E-state index >= 15 is 0 Å². The van der Waals surface area contributed by atoms with E-state index in [2.05, 4.69) is 0 Å². The molecule has 2 rings (SSSR count). The van der Waals surface area contributed by atoms with Gasteiger partial charge in [0.05, 0.1) is 25.1 Å². The summed E-state index contributed by atoms with van der Waals surface area (Å²) < 4.78 is 9.74. The number of nitro benzene ring substituents is 1. The van der Waals surface area contributed by atoms with E-state index in [9.17, 15) is 19.7 Å². The molecule has 8 heteroatoms. The summed E-state index contributed by atoms with van der Waals surface area (Å²) in [6.45, 7) is 1.92. The van der Waals surface area contributed by atoms with Gasteiger partial charge in [-0.3, -0.25) is 19.7 Å². The molecule has 1 fully saturated rings. The zero-order valence-corrected chi connectivity index (χ0v) is 15.3. The molecule has 1 saturated carbocycles. The molecular weight excluding hydrogens is 340 g/mol. The number of carbonyl (C=O) groups excluding carboxylic acids is 2. The van der Waals surface area contributed by atoms with Crippen LogP contribution in [0.3, 0.4) is 0 Å². The molecule has 1 aromatic carbocycles. The zero-order chi connectivity index (χ0) is 19.3. The molecule has 1 unspecified atom stereocenters. The number of nitro groups is 1. The number of carbonyl (C=O) groups is 2. The van der Waals surface area contributed by atoms with Crippen molar-refractivity contribution >= 4 is 17.6 Å². The van der Waals surface area contributed by atoms with Crippen LogP contribution in [0.2, 0.25) is 0 Å². The van der Waals surface area contributed by atoms with Crippen LogP contribution in [0, 0.1) is 16.0 Å². The Bertz CT molecular complexity index is 684. The van der Waals surface area contributed by atoms with Gasteiger partial charge in [0.2, 0.25) is 0 Å². The fraction of sp³-hybridized carbons (Fsp3) is 0.556. The molecule has 1 aromatic rings. The van der Waals surface area contributed by atoms with E-state index < -0.39 is 10.8 Å². The molecule has 142 valence electrons. The quantitative estimate of drug-likeness (QED) is 0.419. The molecule has 1 amide bonds. The highest BCUT2D eigenvalue weighted by Crippen LogP contribution is 2.30. The summed E-state index contributed by atoms with van der Waals surface area (Å²) in [4.78, 5) is 37.1. The van der Waals surface area contributed by atoms with Gasteiger partial charge in [0.25, 0.3) is 5.91 Å². The van der Waals surface area contributed by atoms with Crippen LogP contribution in [0.1, 0.15) is 43.0 Å². The topological polar surface area (TPSA) is 99.0 Å². The van der Waals surface area contributed by atoms with E-state index in [-0.39, 0.29) is 41.5 Å². The summed E-state index contributed by atoms with van der Waals surface area (Å²) in [6, 6.07) is 4.18. The molecule has 0 heterocycles. The number of nitrogens with zero attached hydrogens (tertiary/aromatic N) is 2. The van der Waals surface area contributed by atoms with Gasteiger partial charge in [0.15, 0.2) is 5.75 Å². The van der Waals surface area contributed by atoms with Crippen LogP contribution in [-0.4, -0.2) is 48.5 Å². The third kappa shape index (κ3) is 4.30. The molecular formula is C18H24N2O6. The standard InChI is InChI=1S/C18H24N2O6/c1-12(18(22)26-3)11-19(14-6-4-5-7-14)17(21)13-8-9-16(25-2)15(10-13)20(23)24/h8-10,12,14H,4-7,11H2,1-3H3. The van der Waals surface area contributed by atoms with Crippen molar-refractivity contribution in [1.82, 2.24) is 4.90 Å². The summed E-state index contributed by atoms with van der Waals surface area (Å²) >= 11 is 0. The number of ether oxygens (including phenoxy) is 2. The summed E-state index contributed by atoms with van der Waals surface area (Å²) in [5.41, 5.74) is -0.0489. The van der Waals surface area contributed by atoms with Crippen LogP contribution < -0.4 is 4.74 Å². The van der Waals surface area contributed by atoms with Crippen molar-refractivity contribution in [3.63, 3.8) is 0 Å². The van der Waals surface area contributed by atoms with Crippen LogP contribution in [0.5, 0.6) is 5.75 Å². The SMILES string of the molecule is COC(=O)C(C)CN(C(=O)c1ccc(OC)c([N+](=O)[O-])c1)C1CCCC1. The molecule has 0 saturated heterocycles. The van der Waals surface area contributed by atoms with Crippen molar-refractivity contribution in [3.8, 4) is 5.75 Å². The number of esters is 1. The second-order valence-electron chi connectivity index (χ2n) is 6.46. The Kier molecular flexibility index (Phi) is 6.54. The number of rotatable bonds is 7. The molecule has 1 aliphatic carbocycles. The van der Waals surface area contributed by atoms with Gasteiger partial charge < -0.3 is 14.4 Å². The van der Waals surface area contributed by atoms with Crippen molar-refractivity contribution in [2.45, 2.75) is 38.6 Å². The Hall–Kier alpha value is -2.64. The fourth-order valence-electron chi connectivity index (χ4n) is 3.32. The fourth-order valence-corrected chi connectivity index (χ4v) is 3.32. The lowest BCUT2D eigenvalue weighted by molar-refractivity contribution is -0.385. The number of hydrogen-bond acceptors (Lipinski definition) is 6. The van der Waals surface area contributed by atoms with Gasteiger partial charge in [-0.1, -0.05) is 19.8 Å². The van der Waals surface area contributed by atoms with Gasteiger partial charge in [-0.15, -0.1) is 0 Å². The first-order valence-electron chi connectivity index (χ1n) is 8.60. The molecule has 0 bridgehead atoms. The molecule has 0 N–H and O–H groups in total. The van der Waals surface area contributed by atoms with Crippen LogP contribution >= 0.6 is 0 Å². The minimum atomic E-state index is -0.577. The van der Waals surface area contributed by atoms with E-state index in [4.69, 9.17) is 9.47 Å². The normalized spacial score (nSPS) is 15.3. The van der Waals surface area contributed by atoms with Crippen LogP contribution in [-0.2, 0) is 9.53 Å². The maximum absolute atomic E-state index is 13.1. The second-order valence-corrected chi connectivity index (χ2v) is 6.46. The molecule has 0 aliphatic heterocycles. The lowest BCUT2D eigenvalue weighted by Crippen LogP contribution is -2.43. The maximum atomic E-state index is 13.1. The first-order chi connectivity index (χ1) is 12.4.